The summed E-state index contributed by atoms with van der Waals surface area (Å²) in [5, 5.41) is 2.47. The second kappa shape index (κ2) is 6.76. The van der Waals surface area contributed by atoms with Gasteiger partial charge in [-0.15, -0.1) is 0 Å². The van der Waals surface area contributed by atoms with Crippen LogP contribution in [0.5, 0.6) is 0 Å². The summed E-state index contributed by atoms with van der Waals surface area (Å²) >= 11 is 5.87. The molecule has 0 spiro atoms. The predicted molar refractivity (Wildman–Crippen MR) is 88.6 cm³/mol. The Morgan fingerprint density at radius 2 is 2.04 bits per heavy atom. The molecule has 0 saturated heterocycles. The number of nitrogens with one attached hydrogen (secondary N) is 1. The van der Waals surface area contributed by atoms with Crippen molar-refractivity contribution in [3.8, 4) is 0 Å². The first-order valence-corrected chi connectivity index (χ1v) is 7.80. The molecule has 2 aromatic heterocycles. The molecule has 3 aromatic rings. The smallest absolute Gasteiger partial charge is 0.325 e. The number of halogens is 4. The average Bonchev–Trinajstić information content (AvgIpc) is 2.97. The quantitative estimate of drug-likeness (QED) is 0.733. The fourth-order valence-corrected chi connectivity index (χ4v) is 2.58. The van der Waals surface area contributed by atoms with Crippen LogP contribution in [0.1, 0.15) is 17.8 Å². The molecule has 25 heavy (non-hydrogen) atoms. The maximum absolute atomic E-state index is 12.8. The molecule has 0 atom stereocenters. The minimum absolute atomic E-state index is 0.0487. The van der Waals surface area contributed by atoms with Gasteiger partial charge >= 0.3 is 6.18 Å². The second-order valence-corrected chi connectivity index (χ2v) is 5.82. The van der Waals surface area contributed by atoms with E-state index in [9.17, 15) is 18.0 Å². The Hall–Kier alpha value is -2.54. The molecule has 3 rings (SSSR count). The highest BCUT2D eigenvalue weighted by Gasteiger charge is 2.31. The summed E-state index contributed by atoms with van der Waals surface area (Å²) in [4.78, 5) is 16.3. The van der Waals surface area contributed by atoms with Crippen LogP contribution < -0.4 is 5.32 Å². The van der Waals surface area contributed by atoms with E-state index in [1.165, 1.54) is 0 Å². The molecular formula is C17H13ClF3N3O. The van der Waals surface area contributed by atoms with Crippen molar-refractivity contribution in [2.45, 2.75) is 19.0 Å². The number of carbonyl (C=O) groups excluding carboxylic acids is 1. The van der Waals surface area contributed by atoms with Crippen LogP contribution in [0.2, 0.25) is 5.02 Å². The van der Waals surface area contributed by atoms with Crippen molar-refractivity contribution >= 4 is 28.7 Å². The van der Waals surface area contributed by atoms with E-state index in [2.05, 4.69) is 10.3 Å². The Morgan fingerprint density at radius 3 is 2.80 bits per heavy atom. The van der Waals surface area contributed by atoms with E-state index in [-0.39, 0.29) is 17.1 Å². The molecule has 0 aliphatic heterocycles. The van der Waals surface area contributed by atoms with Gasteiger partial charge in [0.25, 0.3) is 0 Å². The van der Waals surface area contributed by atoms with E-state index in [1.807, 2.05) is 28.8 Å². The zero-order valence-corrected chi connectivity index (χ0v) is 13.6. The molecule has 0 fully saturated rings. The van der Waals surface area contributed by atoms with Crippen LogP contribution in [0.15, 0.2) is 48.8 Å². The van der Waals surface area contributed by atoms with E-state index in [1.54, 1.807) is 6.20 Å². The van der Waals surface area contributed by atoms with Gasteiger partial charge in [0.05, 0.1) is 28.0 Å². The third-order valence-electron chi connectivity index (χ3n) is 3.66. The molecule has 130 valence electrons. The minimum Gasteiger partial charge on any atom is -0.325 e. The Balaban J connectivity index is 1.69. The number of benzene rings is 1. The Morgan fingerprint density at radius 1 is 1.24 bits per heavy atom. The maximum Gasteiger partial charge on any atom is 0.416 e. The number of nitrogens with zero attached hydrogens (tertiary/aromatic N) is 2. The van der Waals surface area contributed by atoms with Gasteiger partial charge in [-0.25, -0.2) is 4.98 Å². The van der Waals surface area contributed by atoms with Crippen LogP contribution in [-0.4, -0.2) is 15.3 Å². The Bertz CT molecular complexity index is 921. The van der Waals surface area contributed by atoms with E-state index in [0.29, 0.717) is 12.2 Å². The number of hydrogen-bond donors (Lipinski definition) is 1. The first kappa shape index (κ1) is 17.3. The molecule has 1 aromatic carbocycles. The number of aromatic nitrogens is 2. The summed E-state index contributed by atoms with van der Waals surface area (Å²) in [6.07, 6.45) is -0.559. The maximum atomic E-state index is 12.8. The van der Waals surface area contributed by atoms with Crippen molar-refractivity contribution in [2.24, 2.45) is 0 Å². The first-order chi connectivity index (χ1) is 11.8. The lowest BCUT2D eigenvalue weighted by Gasteiger charge is -2.11. The zero-order chi connectivity index (χ0) is 18.0. The normalized spacial score (nSPS) is 11.7. The van der Waals surface area contributed by atoms with Crippen LogP contribution in [0.3, 0.4) is 0 Å². The second-order valence-electron chi connectivity index (χ2n) is 5.41. The molecule has 0 aliphatic rings. The van der Waals surface area contributed by atoms with Gasteiger partial charge in [-0.3, -0.25) is 4.79 Å². The number of aryl methyl sites for hydroxylation is 1. The van der Waals surface area contributed by atoms with Crippen molar-refractivity contribution in [1.29, 1.82) is 0 Å². The summed E-state index contributed by atoms with van der Waals surface area (Å²) < 4.78 is 40.1. The number of amides is 1. The van der Waals surface area contributed by atoms with Gasteiger partial charge in [-0.1, -0.05) is 17.7 Å². The van der Waals surface area contributed by atoms with Crippen molar-refractivity contribution < 1.29 is 18.0 Å². The first-order valence-electron chi connectivity index (χ1n) is 7.42. The topological polar surface area (TPSA) is 46.4 Å². The number of pyridine rings is 1. The van der Waals surface area contributed by atoms with Crippen LogP contribution in [0.25, 0.3) is 5.52 Å². The third-order valence-corrected chi connectivity index (χ3v) is 3.99. The van der Waals surface area contributed by atoms with Crippen molar-refractivity contribution in [3.05, 3.63) is 65.2 Å². The Kier molecular flexibility index (Phi) is 4.67. The SMILES string of the molecule is O=C(CCc1ncc2ccccn12)Nc1cc(C(F)(F)F)ccc1Cl. The monoisotopic (exact) mass is 367 g/mol. The zero-order valence-electron chi connectivity index (χ0n) is 12.8. The highest BCUT2D eigenvalue weighted by atomic mass is 35.5. The highest BCUT2D eigenvalue weighted by molar-refractivity contribution is 6.33. The van der Waals surface area contributed by atoms with Gasteiger partial charge in [-0.05, 0) is 30.3 Å². The summed E-state index contributed by atoms with van der Waals surface area (Å²) in [6.45, 7) is 0. The van der Waals surface area contributed by atoms with Crippen LogP contribution in [-0.2, 0) is 17.4 Å². The van der Waals surface area contributed by atoms with Crippen LogP contribution in [0.4, 0.5) is 18.9 Å². The van der Waals surface area contributed by atoms with Crippen molar-refractivity contribution in [1.82, 2.24) is 9.38 Å². The minimum atomic E-state index is -4.50. The number of rotatable bonds is 4. The molecule has 0 bridgehead atoms. The van der Waals surface area contributed by atoms with Gasteiger partial charge < -0.3 is 9.72 Å². The lowest BCUT2D eigenvalue weighted by molar-refractivity contribution is -0.137. The molecule has 1 N–H and O–H groups in total. The lowest BCUT2D eigenvalue weighted by Crippen LogP contribution is -2.14. The van der Waals surface area contributed by atoms with E-state index in [4.69, 9.17) is 11.6 Å². The molecule has 0 aliphatic carbocycles. The van der Waals surface area contributed by atoms with E-state index in [0.717, 1.165) is 23.7 Å². The number of alkyl halides is 3. The van der Waals surface area contributed by atoms with Crippen molar-refractivity contribution in [3.63, 3.8) is 0 Å². The molecule has 4 nitrogen and oxygen atoms in total. The fraction of sp³-hybridized carbons (Fsp3) is 0.176. The molecule has 2 heterocycles. The number of carbonyl (C=O) groups is 1. The number of anilines is 1. The standard InChI is InChI=1S/C17H13ClF3N3O/c18-13-5-4-11(17(19,20)21)9-14(13)23-16(25)7-6-15-22-10-12-3-1-2-8-24(12)15/h1-5,8-10H,6-7H2,(H,23,25). The molecule has 8 heteroatoms. The third kappa shape index (κ3) is 3.93. The van der Waals surface area contributed by atoms with Crippen molar-refractivity contribution in [2.75, 3.05) is 5.32 Å². The van der Waals surface area contributed by atoms with Crippen LogP contribution >= 0.6 is 11.6 Å². The van der Waals surface area contributed by atoms with Gasteiger partial charge in [0.15, 0.2) is 0 Å². The molecule has 0 unspecified atom stereocenters. The van der Waals surface area contributed by atoms with E-state index < -0.39 is 17.6 Å². The van der Waals surface area contributed by atoms with Gasteiger partial charge in [0.1, 0.15) is 5.82 Å². The number of fused-ring (bicyclic) bond motifs is 1. The lowest BCUT2D eigenvalue weighted by atomic mass is 10.2. The Labute approximate surface area is 146 Å². The van der Waals surface area contributed by atoms with Gasteiger partial charge in [0, 0.05) is 19.0 Å². The molecular weight excluding hydrogens is 355 g/mol. The summed E-state index contributed by atoms with van der Waals surface area (Å²) in [5.74, 6) is 0.259. The van der Waals surface area contributed by atoms with Gasteiger partial charge in [0.2, 0.25) is 5.91 Å². The summed E-state index contributed by atoms with van der Waals surface area (Å²) in [7, 11) is 0. The average molecular weight is 368 g/mol. The number of hydrogen-bond acceptors (Lipinski definition) is 2. The fourth-order valence-electron chi connectivity index (χ4n) is 2.42. The molecule has 0 saturated carbocycles. The van der Waals surface area contributed by atoms with Crippen LogP contribution in [0, 0.1) is 0 Å². The summed E-state index contributed by atoms with van der Waals surface area (Å²) in [5.41, 5.74) is -0.0280. The molecule has 1 amide bonds. The molecule has 0 radical (unpaired) electrons. The number of imidazole rings is 1. The predicted octanol–water partition coefficient (Wildman–Crippen LogP) is 4.58. The van der Waals surface area contributed by atoms with Gasteiger partial charge in [-0.2, -0.15) is 13.2 Å². The summed E-state index contributed by atoms with van der Waals surface area (Å²) in [6, 6.07) is 8.42. The largest absolute Gasteiger partial charge is 0.416 e. The highest BCUT2D eigenvalue weighted by Crippen LogP contribution is 2.33. The van der Waals surface area contributed by atoms with E-state index >= 15 is 0 Å².